The van der Waals surface area contributed by atoms with Crippen LogP contribution in [0.2, 0.25) is 0 Å². The molecule has 0 aliphatic heterocycles. The van der Waals surface area contributed by atoms with Crippen molar-refractivity contribution >= 4 is 22.9 Å². The van der Waals surface area contributed by atoms with Gasteiger partial charge in [0.2, 0.25) is 0 Å². The number of rotatable bonds is 5. The van der Waals surface area contributed by atoms with Crippen molar-refractivity contribution < 1.29 is 13.6 Å². The lowest BCUT2D eigenvalue weighted by Crippen LogP contribution is -2.51. The number of amides is 1. The fraction of sp³-hybridized carbons (Fsp3) is 0.238. The van der Waals surface area contributed by atoms with Crippen LogP contribution in [0.1, 0.15) is 34.5 Å². The quantitative estimate of drug-likeness (QED) is 0.441. The number of aromatic nitrogens is 2. The molecule has 1 fully saturated rings. The zero-order chi connectivity index (χ0) is 21.5. The monoisotopic (exact) mass is 412 g/mol. The van der Waals surface area contributed by atoms with Gasteiger partial charge in [0, 0.05) is 36.5 Å². The van der Waals surface area contributed by atoms with Crippen LogP contribution in [-0.4, -0.2) is 32.3 Å². The van der Waals surface area contributed by atoms with Gasteiger partial charge in [-0.3, -0.25) is 9.20 Å². The summed E-state index contributed by atoms with van der Waals surface area (Å²) in [7, 11) is 0. The number of imidazole rings is 1. The number of halogens is 2. The summed E-state index contributed by atoms with van der Waals surface area (Å²) in [5.74, 6) is 2.89. The van der Waals surface area contributed by atoms with Crippen LogP contribution in [0.5, 0.6) is 0 Å². The molecular weight excluding hydrogens is 390 g/mol. The molecule has 1 aromatic carbocycles. The Bertz CT molecular complexity index is 1130. The predicted molar refractivity (Wildman–Crippen MR) is 110 cm³/mol. The Kier molecular flexibility index (Phi) is 4.90. The van der Waals surface area contributed by atoms with Crippen LogP contribution in [0, 0.1) is 6.92 Å². The van der Waals surface area contributed by atoms with Crippen LogP contribution in [0.3, 0.4) is 0 Å². The number of alkyl halides is 2. The maximum atomic E-state index is 13.1. The number of fused-ring (bicyclic) bond motifs is 1. The molecule has 7 nitrogen and oxygen atoms in total. The average molecular weight is 412 g/mol. The van der Waals surface area contributed by atoms with Gasteiger partial charge >= 0.3 is 0 Å². The molecule has 1 amide bonds. The van der Waals surface area contributed by atoms with Gasteiger partial charge < -0.3 is 16.1 Å². The smallest absolute Gasteiger partial charge is 0.274 e. The Balaban J connectivity index is 1.53. The highest BCUT2D eigenvalue weighted by atomic mass is 19.3. The van der Waals surface area contributed by atoms with Crippen molar-refractivity contribution in [2.45, 2.75) is 31.7 Å². The van der Waals surface area contributed by atoms with Gasteiger partial charge in [0.05, 0.1) is 17.9 Å². The second-order valence-electron chi connectivity index (χ2n) is 7.51. The number of nitrogens with one attached hydrogen (secondary N) is 1. The SMILES string of the molecule is Cc1ccc(/C(N)=C/N(N)C2CC(F)(F)C2)cc1NC(=O)c1cnc2ccccn12. The van der Waals surface area contributed by atoms with Gasteiger partial charge in [-0.2, -0.15) is 0 Å². The summed E-state index contributed by atoms with van der Waals surface area (Å²) in [4.78, 5) is 17.0. The zero-order valence-electron chi connectivity index (χ0n) is 16.3. The van der Waals surface area contributed by atoms with Crippen molar-refractivity contribution in [3.63, 3.8) is 0 Å². The summed E-state index contributed by atoms with van der Waals surface area (Å²) in [5, 5.41) is 4.11. The summed E-state index contributed by atoms with van der Waals surface area (Å²) >= 11 is 0. The topological polar surface area (TPSA) is 102 Å². The number of carbonyl (C=O) groups is 1. The predicted octanol–water partition coefficient (Wildman–Crippen LogP) is 3.13. The number of benzene rings is 1. The van der Waals surface area contributed by atoms with E-state index in [0.29, 0.717) is 28.3 Å². The van der Waals surface area contributed by atoms with E-state index in [1.807, 2.05) is 31.2 Å². The Hall–Kier alpha value is -3.46. The van der Waals surface area contributed by atoms with E-state index in [1.54, 1.807) is 22.7 Å². The number of hydrogen-bond donors (Lipinski definition) is 3. The molecule has 0 bridgehead atoms. The highest BCUT2D eigenvalue weighted by Crippen LogP contribution is 2.39. The van der Waals surface area contributed by atoms with E-state index in [9.17, 15) is 13.6 Å². The molecule has 3 aromatic rings. The van der Waals surface area contributed by atoms with Gasteiger partial charge in [-0.15, -0.1) is 0 Å². The Morgan fingerprint density at radius 2 is 2.10 bits per heavy atom. The lowest BCUT2D eigenvalue weighted by Gasteiger charge is -2.39. The minimum absolute atomic E-state index is 0.290. The highest BCUT2D eigenvalue weighted by Gasteiger charge is 2.47. The van der Waals surface area contributed by atoms with E-state index in [2.05, 4.69) is 10.3 Å². The first kappa shape index (κ1) is 19.8. The van der Waals surface area contributed by atoms with Crippen LogP contribution in [0.4, 0.5) is 14.5 Å². The average Bonchev–Trinajstić information content (AvgIpc) is 3.11. The number of hydrazine groups is 1. The van der Waals surface area contributed by atoms with E-state index in [-0.39, 0.29) is 18.7 Å². The summed E-state index contributed by atoms with van der Waals surface area (Å²) in [5.41, 5.74) is 9.56. The van der Waals surface area contributed by atoms with Gasteiger partial charge in [0.15, 0.2) is 0 Å². The maximum Gasteiger partial charge on any atom is 0.274 e. The second kappa shape index (κ2) is 7.42. The Morgan fingerprint density at radius 3 is 2.83 bits per heavy atom. The number of anilines is 1. The van der Waals surface area contributed by atoms with Gasteiger partial charge in [0.1, 0.15) is 11.3 Å². The fourth-order valence-electron chi connectivity index (χ4n) is 3.40. The minimum Gasteiger partial charge on any atom is -0.397 e. The summed E-state index contributed by atoms with van der Waals surface area (Å²) in [6, 6.07) is 10.4. The molecule has 0 spiro atoms. The van der Waals surface area contributed by atoms with Gasteiger partial charge in [-0.05, 0) is 30.7 Å². The first-order valence-electron chi connectivity index (χ1n) is 9.46. The van der Waals surface area contributed by atoms with Crippen LogP contribution in [0.15, 0.2) is 55.0 Å². The lowest BCUT2D eigenvalue weighted by molar-refractivity contribution is -0.116. The molecule has 2 aromatic heterocycles. The van der Waals surface area contributed by atoms with Crippen molar-refractivity contribution in [1.82, 2.24) is 14.4 Å². The van der Waals surface area contributed by atoms with Crippen molar-refractivity contribution in [2.24, 2.45) is 11.6 Å². The number of nitrogens with zero attached hydrogens (tertiary/aromatic N) is 3. The third-order valence-electron chi connectivity index (χ3n) is 5.25. The molecule has 1 aliphatic carbocycles. The van der Waals surface area contributed by atoms with E-state index in [0.717, 1.165) is 5.56 Å². The Labute approximate surface area is 172 Å². The van der Waals surface area contributed by atoms with Crippen LogP contribution in [0.25, 0.3) is 11.3 Å². The Morgan fingerprint density at radius 1 is 1.33 bits per heavy atom. The van der Waals surface area contributed by atoms with E-state index in [4.69, 9.17) is 11.6 Å². The highest BCUT2D eigenvalue weighted by molar-refractivity contribution is 6.04. The summed E-state index contributed by atoms with van der Waals surface area (Å²) < 4.78 is 27.8. The van der Waals surface area contributed by atoms with Crippen molar-refractivity contribution in [3.05, 3.63) is 71.8 Å². The first-order valence-corrected chi connectivity index (χ1v) is 9.46. The van der Waals surface area contributed by atoms with Crippen LogP contribution >= 0.6 is 0 Å². The summed E-state index contributed by atoms with van der Waals surface area (Å²) in [6.45, 7) is 1.86. The number of nitrogens with two attached hydrogens (primary N) is 2. The molecule has 156 valence electrons. The number of carbonyl (C=O) groups excluding carboxylic acids is 1. The van der Waals surface area contributed by atoms with Gasteiger partial charge in [-0.25, -0.2) is 19.6 Å². The maximum absolute atomic E-state index is 13.1. The number of hydrogen-bond acceptors (Lipinski definition) is 5. The molecule has 2 heterocycles. The second-order valence-corrected chi connectivity index (χ2v) is 7.51. The van der Waals surface area contributed by atoms with Gasteiger partial charge in [-0.1, -0.05) is 18.2 Å². The molecule has 0 unspecified atom stereocenters. The van der Waals surface area contributed by atoms with Crippen LogP contribution in [-0.2, 0) is 0 Å². The van der Waals surface area contributed by atoms with E-state index < -0.39 is 12.0 Å². The molecular formula is C21H22F2N6O. The number of aryl methyl sites for hydroxylation is 1. The van der Waals surface area contributed by atoms with Crippen molar-refractivity contribution in [3.8, 4) is 0 Å². The molecule has 0 saturated heterocycles. The molecule has 4 rings (SSSR count). The first-order chi connectivity index (χ1) is 14.2. The minimum atomic E-state index is -2.66. The normalized spacial score (nSPS) is 16.3. The van der Waals surface area contributed by atoms with Gasteiger partial charge in [0.25, 0.3) is 11.8 Å². The fourth-order valence-corrected chi connectivity index (χ4v) is 3.40. The molecule has 9 heteroatoms. The van der Waals surface area contributed by atoms with Crippen molar-refractivity contribution in [1.29, 1.82) is 0 Å². The molecule has 0 radical (unpaired) electrons. The molecule has 1 aliphatic rings. The van der Waals surface area contributed by atoms with Crippen LogP contribution < -0.4 is 16.9 Å². The largest absolute Gasteiger partial charge is 0.397 e. The zero-order valence-corrected chi connectivity index (χ0v) is 16.3. The van der Waals surface area contributed by atoms with Crippen molar-refractivity contribution in [2.75, 3.05) is 5.32 Å². The van der Waals surface area contributed by atoms with E-state index in [1.165, 1.54) is 17.4 Å². The molecule has 1 saturated carbocycles. The third kappa shape index (κ3) is 3.84. The summed E-state index contributed by atoms with van der Waals surface area (Å²) in [6.07, 6.45) is 4.14. The molecule has 30 heavy (non-hydrogen) atoms. The standard InChI is InChI=1S/C21H22F2N6O/c1-13-5-6-14(16(24)12-29(25)15-9-21(22,23)10-15)8-17(13)27-20(30)18-11-26-19-4-2-3-7-28(18)19/h2-8,11-12,15H,9-10,24-25H2,1H3,(H,27,30)/b16-12-. The van der Waals surface area contributed by atoms with E-state index >= 15 is 0 Å². The third-order valence-corrected chi connectivity index (χ3v) is 5.25. The molecule has 0 atom stereocenters. The number of pyridine rings is 1. The molecule has 5 N–H and O–H groups in total. The lowest BCUT2D eigenvalue weighted by atomic mass is 9.88.